The first kappa shape index (κ1) is 24.3. The summed E-state index contributed by atoms with van der Waals surface area (Å²) in [7, 11) is 0. The second kappa shape index (κ2) is 11.5. The Hall–Kier alpha value is -3.35. The average Bonchev–Trinajstić information content (AvgIpc) is 3.14. The van der Waals surface area contributed by atoms with Gasteiger partial charge in [0.2, 0.25) is 5.91 Å². The molecule has 2 aromatic carbocycles. The summed E-state index contributed by atoms with van der Waals surface area (Å²) in [4.78, 5) is 36.2. The van der Waals surface area contributed by atoms with E-state index in [-0.39, 0.29) is 25.4 Å². The van der Waals surface area contributed by atoms with E-state index in [1.165, 1.54) is 0 Å². The lowest BCUT2D eigenvalue weighted by molar-refractivity contribution is -0.137. The highest BCUT2D eigenvalue weighted by Gasteiger charge is 2.30. The van der Waals surface area contributed by atoms with Crippen LogP contribution in [0.25, 0.3) is 11.1 Å². The fourth-order valence-electron chi connectivity index (χ4n) is 4.26. The summed E-state index contributed by atoms with van der Waals surface area (Å²) in [5, 5.41) is 14.4. The molecule has 176 valence electrons. The van der Waals surface area contributed by atoms with Crippen molar-refractivity contribution in [1.82, 2.24) is 10.6 Å². The molecule has 3 N–H and O–H groups in total. The number of aliphatic carboxylic acids is 1. The van der Waals surface area contributed by atoms with Crippen LogP contribution in [0.15, 0.2) is 48.5 Å². The Balaban J connectivity index is 1.63. The highest BCUT2D eigenvalue weighted by Crippen LogP contribution is 2.44. The quantitative estimate of drug-likeness (QED) is 0.471. The molecule has 33 heavy (non-hydrogen) atoms. The van der Waals surface area contributed by atoms with Crippen molar-refractivity contribution in [2.75, 3.05) is 13.2 Å². The number of carboxylic acids is 1. The number of amides is 2. The SMILES string of the molecule is CCC(CC)CNC(=O)C(CCC(=O)O)NC(=O)OCC1c2ccccc2-c2ccccc21. The molecule has 1 aliphatic rings. The first-order valence-electron chi connectivity index (χ1n) is 11.6. The zero-order chi connectivity index (χ0) is 23.8. The van der Waals surface area contributed by atoms with Crippen molar-refractivity contribution in [3.8, 4) is 11.1 Å². The zero-order valence-electron chi connectivity index (χ0n) is 19.2. The molecule has 0 radical (unpaired) electrons. The van der Waals surface area contributed by atoms with Crippen LogP contribution in [0.2, 0.25) is 0 Å². The normalized spacial score (nSPS) is 13.2. The first-order chi connectivity index (χ1) is 15.9. The number of fused-ring (bicyclic) bond motifs is 3. The number of ether oxygens (including phenoxy) is 1. The van der Waals surface area contributed by atoms with Crippen molar-refractivity contribution >= 4 is 18.0 Å². The lowest BCUT2D eigenvalue weighted by Gasteiger charge is -2.21. The third-order valence-electron chi connectivity index (χ3n) is 6.32. The topological polar surface area (TPSA) is 105 Å². The highest BCUT2D eigenvalue weighted by molar-refractivity contribution is 5.86. The first-order valence-corrected chi connectivity index (χ1v) is 11.6. The number of carbonyl (C=O) groups is 3. The molecule has 0 aliphatic heterocycles. The van der Waals surface area contributed by atoms with Gasteiger partial charge in [-0.25, -0.2) is 4.79 Å². The molecule has 1 unspecified atom stereocenters. The largest absolute Gasteiger partial charge is 0.481 e. The molecule has 3 rings (SSSR count). The van der Waals surface area contributed by atoms with E-state index in [1.54, 1.807) is 0 Å². The van der Waals surface area contributed by atoms with Crippen LogP contribution < -0.4 is 10.6 Å². The minimum atomic E-state index is -1.03. The Bertz CT molecular complexity index is 941. The molecule has 0 spiro atoms. The minimum absolute atomic E-state index is 0.00568. The molecule has 0 aromatic heterocycles. The maximum Gasteiger partial charge on any atom is 0.407 e. The van der Waals surface area contributed by atoms with Gasteiger partial charge in [0.05, 0.1) is 0 Å². The number of alkyl carbamates (subject to hydrolysis) is 1. The summed E-state index contributed by atoms with van der Waals surface area (Å²) in [6.07, 6.45) is 0.887. The van der Waals surface area contributed by atoms with Crippen molar-refractivity contribution in [3.05, 3.63) is 59.7 Å². The van der Waals surface area contributed by atoms with Crippen molar-refractivity contribution in [3.63, 3.8) is 0 Å². The number of rotatable bonds is 11. The van der Waals surface area contributed by atoms with Crippen molar-refractivity contribution in [1.29, 1.82) is 0 Å². The van der Waals surface area contributed by atoms with E-state index in [0.717, 1.165) is 35.1 Å². The Labute approximate surface area is 194 Å². The van der Waals surface area contributed by atoms with E-state index in [4.69, 9.17) is 9.84 Å². The number of carboxylic acid groups (broad SMARTS) is 1. The smallest absolute Gasteiger partial charge is 0.407 e. The summed E-state index contributed by atoms with van der Waals surface area (Å²) in [5.74, 6) is -1.17. The second-order valence-corrected chi connectivity index (χ2v) is 8.38. The van der Waals surface area contributed by atoms with Gasteiger partial charge in [-0.15, -0.1) is 0 Å². The Kier molecular flexibility index (Phi) is 8.46. The van der Waals surface area contributed by atoms with E-state index >= 15 is 0 Å². The van der Waals surface area contributed by atoms with Gasteiger partial charge in [-0.1, -0.05) is 75.2 Å². The third kappa shape index (κ3) is 6.12. The molecule has 1 aliphatic carbocycles. The van der Waals surface area contributed by atoms with Crippen LogP contribution in [0.1, 0.15) is 56.6 Å². The fourth-order valence-corrected chi connectivity index (χ4v) is 4.26. The summed E-state index contributed by atoms with van der Waals surface area (Å²) in [5.41, 5.74) is 4.44. The van der Waals surface area contributed by atoms with Crippen LogP contribution in [0.3, 0.4) is 0 Å². The van der Waals surface area contributed by atoms with Gasteiger partial charge in [0.25, 0.3) is 0 Å². The molecule has 0 heterocycles. The summed E-state index contributed by atoms with van der Waals surface area (Å²) < 4.78 is 5.52. The second-order valence-electron chi connectivity index (χ2n) is 8.38. The van der Waals surface area contributed by atoms with Crippen LogP contribution >= 0.6 is 0 Å². The molecular weight excluding hydrogens is 420 g/mol. The van der Waals surface area contributed by atoms with Crippen LogP contribution in [0.5, 0.6) is 0 Å². The van der Waals surface area contributed by atoms with E-state index in [9.17, 15) is 14.4 Å². The van der Waals surface area contributed by atoms with Crippen LogP contribution in [-0.2, 0) is 14.3 Å². The number of hydrogen-bond acceptors (Lipinski definition) is 4. The standard InChI is InChI=1S/C26H32N2O5/c1-3-17(4-2)15-27-25(31)23(13-14-24(29)30)28-26(32)33-16-22-20-11-7-5-9-18(20)19-10-6-8-12-21(19)22/h5-12,17,22-23H,3-4,13-16H2,1-2H3,(H,27,31)(H,28,32)(H,29,30). The molecule has 0 bridgehead atoms. The molecule has 7 nitrogen and oxygen atoms in total. The molecule has 0 fully saturated rings. The molecule has 1 atom stereocenters. The summed E-state index contributed by atoms with van der Waals surface area (Å²) >= 11 is 0. The fraction of sp³-hybridized carbons (Fsp3) is 0.423. The third-order valence-corrected chi connectivity index (χ3v) is 6.32. The molecule has 2 aromatic rings. The lowest BCUT2D eigenvalue weighted by Crippen LogP contribution is -2.48. The van der Waals surface area contributed by atoms with Crippen LogP contribution in [-0.4, -0.2) is 42.3 Å². The van der Waals surface area contributed by atoms with E-state index in [2.05, 4.69) is 36.6 Å². The van der Waals surface area contributed by atoms with Gasteiger partial charge >= 0.3 is 12.1 Å². The van der Waals surface area contributed by atoms with Gasteiger partial charge in [-0.05, 0) is 34.6 Å². The Morgan fingerprint density at radius 2 is 1.55 bits per heavy atom. The van der Waals surface area contributed by atoms with Gasteiger partial charge in [0, 0.05) is 18.9 Å². The average molecular weight is 453 g/mol. The van der Waals surface area contributed by atoms with Crippen molar-refractivity contribution < 1.29 is 24.2 Å². The van der Waals surface area contributed by atoms with Crippen molar-refractivity contribution in [2.45, 2.75) is 51.5 Å². The van der Waals surface area contributed by atoms with E-state index in [0.29, 0.717) is 12.5 Å². The van der Waals surface area contributed by atoms with Gasteiger partial charge < -0.3 is 20.5 Å². The molecular formula is C26H32N2O5. The summed E-state index contributed by atoms with van der Waals surface area (Å²) in [6.45, 7) is 4.72. The highest BCUT2D eigenvalue weighted by atomic mass is 16.5. The molecule has 0 saturated carbocycles. The van der Waals surface area contributed by atoms with E-state index in [1.807, 2.05) is 36.4 Å². The van der Waals surface area contributed by atoms with Gasteiger partial charge in [-0.3, -0.25) is 9.59 Å². The minimum Gasteiger partial charge on any atom is -0.481 e. The zero-order valence-corrected chi connectivity index (χ0v) is 19.2. The summed E-state index contributed by atoms with van der Waals surface area (Å²) in [6, 6.07) is 15.1. The maximum absolute atomic E-state index is 12.6. The number of nitrogens with one attached hydrogen (secondary N) is 2. The predicted octanol–water partition coefficient (Wildman–Crippen LogP) is 4.31. The lowest BCUT2D eigenvalue weighted by atomic mass is 9.98. The van der Waals surface area contributed by atoms with Gasteiger partial charge in [0.1, 0.15) is 12.6 Å². The maximum atomic E-state index is 12.6. The van der Waals surface area contributed by atoms with Gasteiger partial charge in [0.15, 0.2) is 0 Å². The molecule has 2 amide bonds. The Morgan fingerprint density at radius 3 is 2.09 bits per heavy atom. The molecule has 7 heteroatoms. The number of hydrogen-bond donors (Lipinski definition) is 3. The molecule has 0 saturated heterocycles. The van der Waals surface area contributed by atoms with Crippen molar-refractivity contribution in [2.24, 2.45) is 5.92 Å². The van der Waals surface area contributed by atoms with Gasteiger partial charge in [-0.2, -0.15) is 0 Å². The van der Waals surface area contributed by atoms with Crippen LogP contribution in [0.4, 0.5) is 4.79 Å². The number of carbonyl (C=O) groups excluding carboxylic acids is 2. The monoisotopic (exact) mass is 452 g/mol. The predicted molar refractivity (Wildman–Crippen MR) is 126 cm³/mol. The Morgan fingerprint density at radius 1 is 0.970 bits per heavy atom. The van der Waals surface area contributed by atoms with Crippen LogP contribution in [0, 0.1) is 5.92 Å². The van der Waals surface area contributed by atoms with E-state index < -0.39 is 24.0 Å². The number of benzene rings is 2.